The van der Waals surface area contributed by atoms with Gasteiger partial charge in [-0.15, -0.1) is 0 Å². The summed E-state index contributed by atoms with van der Waals surface area (Å²) in [6.45, 7) is 0.897. The average molecular weight is 286 g/mol. The summed E-state index contributed by atoms with van der Waals surface area (Å²) < 4.78 is 52.1. The molecule has 1 aliphatic carbocycles. The minimum atomic E-state index is -4.37. The Morgan fingerprint density at radius 3 is 2.75 bits per heavy atom. The van der Waals surface area contributed by atoms with E-state index in [1.807, 2.05) is 0 Å². The first-order chi connectivity index (χ1) is 9.39. The van der Waals surface area contributed by atoms with Crippen LogP contribution in [0.2, 0.25) is 0 Å². The van der Waals surface area contributed by atoms with E-state index < -0.39 is 18.5 Å². The van der Waals surface area contributed by atoms with E-state index in [1.54, 1.807) is 6.07 Å². The van der Waals surface area contributed by atoms with Gasteiger partial charge in [0.25, 0.3) is 0 Å². The molecule has 2 nitrogen and oxygen atoms in total. The summed E-state index contributed by atoms with van der Waals surface area (Å²) in [6.07, 6.45) is -0.0845. The molecule has 20 heavy (non-hydrogen) atoms. The van der Waals surface area contributed by atoms with Crippen LogP contribution in [0, 0.1) is 11.7 Å². The molecule has 2 atom stereocenters. The Morgan fingerprint density at radius 1 is 1.40 bits per heavy atom. The number of fused-ring (bicyclic) bond motifs is 1. The van der Waals surface area contributed by atoms with Gasteiger partial charge in [-0.25, -0.2) is 4.39 Å². The fourth-order valence-electron chi connectivity index (χ4n) is 2.75. The number of alkyl halides is 3. The van der Waals surface area contributed by atoms with E-state index in [1.165, 1.54) is 6.20 Å². The third-order valence-electron chi connectivity index (χ3n) is 3.92. The van der Waals surface area contributed by atoms with Crippen molar-refractivity contribution < 1.29 is 17.6 Å². The largest absolute Gasteiger partial charge is 0.406 e. The summed E-state index contributed by atoms with van der Waals surface area (Å²) in [5.74, 6) is 0.198. The van der Waals surface area contributed by atoms with Gasteiger partial charge in [0.2, 0.25) is 0 Å². The van der Waals surface area contributed by atoms with Crippen molar-refractivity contribution in [2.45, 2.75) is 38.4 Å². The maximum atomic E-state index is 13.6. The number of nitrogens with zero attached hydrogens (tertiary/aromatic N) is 2. The number of hydrogen-bond donors (Lipinski definition) is 0. The van der Waals surface area contributed by atoms with Gasteiger partial charge in [0.05, 0.1) is 10.9 Å². The van der Waals surface area contributed by atoms with Crippen LogP contribution in [0.1, 0.15) is 31.4 Å². The summed E-state index contributed by atoms with van der Waals surface area (Å²) >= 11 is 0. The van der Waals surface area contributed by atoms with Crippen molar-refractivity contribution in [3.05, 3.63) is 30.0 Å². The molecule has 3 rings (SSSR count). The van der Waals surface area contributed by atoms with Crippen LogP contribution in [0.5, 0.6) is 0 Å². The first-order valence-electron chi connectivity index (χ1n) is 6.60. The van der Waals surface area contributed by atoms with Crippen molar-refractivity contribution in [2.75, 3.05) is 0 Å². The molecule has 0 saturated heterocycles. The van der Waals surface area contributed by atoms with Crippen LogP contribution in [0.15, 0.2) is 18.5 Å². The van der Waals surface area contributed by atoms with Crippen LogP contribution in [0.4, 0.5) is 17.6 Å². The lowest BCUT2D eigenvalue weighted by Crippen LogP contribution is -2.16. The van der Waals surface area contributed by atoms with Gasteiger partial charge in [0.15, 0.2) is 0 Å². The SMILES string of the molecule is CC[C@H]1C[C@@H]1c1cc2c(cn1)c(F)cn2CC(F)(F)F. The van der Waals surface area contributed by atoms with Crippen LogP contribution < -0.4 is 0 Å². The molecule has 1 aliphatic rings. The number of halogens is 4. The average Bonchev–Trinajstić information content (AvgIpc) is 3.09. The van der Waals surface area contributed by atoms with E-state index in [9.17, 15) is 17.6 Å². The van der Waals surface area contributed by atoms with Crippen LogP contribution in [-0.2, 0) is 6.54 Å². The van der Waals surface area contributed by atoms with Gasteiger partial charge in [-0.3, -0.25) is 4.98 Å². The van der Waals surface area contributed by atoms with Crippen LogP contribution in [-0.4, -0.2) is 15.7 Å². The third-order valence-corrected chi connectivity index (χ3v) is 3.92. The van der Waals surface area contributed by atoms with Gasteiger partial charge in [0.1, 0.15) is 12.4 Å². The molecule has 108 valence electrons. The molecule has 6 heteroatoms. The maximum absolute atomic E-state index is 13.6. The Balaban J connectivity index is 2.01. The first kappa shape index (κ1) is 13.4. The lowest BCUT2D eigenvalue weighted by molar-refractivity contribution is -0.139. The van der Waals surface area contributed by atoms with Crippen molar-refractivity contribution in [3.8, 4) is 0 Å². The molecule has 0 radical (unpaired) electrons. The highest BCUT2D eigenvalue weighted by Crippen LogP contribution is 2.49. The molecule has 2 aromatic rings. The lowest BCUT2D eigenvalue weighted by Gasteiger charge is -2.09. The summed E-state index contributed by atoms with van der Waals surface area (Å²) in [5, 5.41) is 0.145. The molecular formula is C14H14F4N2. The highest BCUT2D eigenvalue weighted by Gasteiger charge is 2.38. The van der Waals surface area contributed by atoms with E-state index >= 15 is 0 Å². The predicted molar refractivity (Wildman–Crippen MR) is 66.9 cm³/mol. The van der Waals surface area contributed by atoms with Gasteiger partial charge < -0.3 is 4.57 Å². The van der Waals surface area contributed by atoms with Gasteiger partial charge in [0, 0.05) is 24.0 Å². The Bertz CT molecular complexity index is 644. The monoisotopic (exact) mass is 286 g/mol. The molecule has 2 aromatic heterocycles. The highest BCUT2D eigenvalue weighted by atomic mass is 19.4. The Labute approximate surface area is 113 Å². The smallest absolute Gasteiger partial charge is 0.335 e. The standard InChI is InChI=1S/C14H14F4N2/c1-2-8-3-9(8)12-4-13-10(5-19-12)11(15)6-20(13)7-14(16,17)18/h4-6,8-9H,2-3,7H2,1H3/t8-,9-/m0/s1. The Hall–Kier alpha value is -1.59. The van der Waals surface area contributed by atoms with E-state index in [0.717, 1.165) is 29.3 Å². The molecule has 2 heterocycles. The van der Waals surface area contributed by atoms with Gasteiger partial charge in [-0.1, -0.05) is 13.3 Å². The van der Waals surface area contributed by atoms with Crippen molar-refractivity contribution >= 4 is 10.9 Å². The number of pyridine rings is 1. The first-order valence-corrected chi connectivity index (χ1v) is 6.60. The third kappa shape index (κ3) is 2.39. The molecule has 0 spiro atoms. The molecule has 1 fully saturated rings. The van der Waals surface area contributed by atoms with Crippen molar-refractivity contribution in [2.24, 2.45) is 5.92 Å². The van der Waals surface area contributed by atoms with E-state index in [-0.39, 0.29) is 10.9 Å². The minimum absolute atomic E-state index is 0.145. The molecule has 1 saturated carbocycles. The summed E-state index contributed by atoms with van der Waals surface area (Å²) in [4.78, 5) is 4.20. The van der Waals surface area contributed by atoms with Gasteiger partial charge >= 0.3 is 6.18 Å². The molecule has 0 unspecified atom stereocenters. The molecule has 0 bridgehead atoms. The molecular weight excluding hydrogens is 272 g/mol. The maximum Gasteiger partial charge on any atom is 0.406 e. The van der Waals surface area contributed by atoms with Crippen molar-refractivity contribution in [1.82, 2.24) is 9.55 Å². The molecule has 0 aromatic carbocycles. The van der Waals surface area contributed by atoms with E-state index in [0.29, 0.717) is 11.8 Å². The van der Waals surface area contributed by atoms with Gasteiger partial charge in [-0.05, 0) is 18.4 Å². The second kappa shape index (κ2) is 4.46. The molecule has 0 amide bonds. The zero-order valence-corrected chi connectivity index (χ0v) is 10.9. The zero-order valence-electron chi connectivity index (χ0n) is 10.9. The molecule has 0 N–H and O–H groups in total. The van der Waals surface area contributed by atoms with Crippen LogP contribution in [0.25, 0.3) is 10.9 Å². The van der Waals surface area contributed by atoms with Crippen molar-refractivity contribution in [1.29, 1.82) is 0 Å². The Morgan fingerprint density at radius 2 is 2.15 bits per heavy atom. The van der Waals surface area contributed by atoms with Crippen LogP contribution in [0.3, 0.4) is 0 Å². The fraction of sp³-hybridized carbons (Fsp3) is 0.500. The topological polar surface area (TPSA) is 17.8 Å². The van der Waals surface area contributed by atoms with Gasteiger partial charge in [-0.2, -0.15) is 13.2 Å². The van der Waals surface area contributed by atoms with E-state index in [4.69, 9.17) is 0 Å². The summed E-state index contributed by atoms with van der Waals surface area (Å²) in [7, 11) is 0. The Kier molecular flexibility index (Phi) is 2.99. The highest BCUT2D eigenvalue weighted by molar-refractivity contribution is 5.80. The normalized spacial score (nSPS) is 22.4. The zero-order chi connectivity index (χ0) is 14.5. The molecule has 0 aliphatic heterocycles. The summed E-state index contributed by atoms with van der Waals surface area (Å²) in [5.41, 5.74) is 1.04. The van der Waals surface area contributed by atoms with Crippen LogP contribution >= 0.6 is 0 Å². The minimum Gasteiger partial charge on any atom is -0.335 e. The lowest BCUT2D eigenvalue weighted by atomic mass is 10.1. The quantitative estimate of drug-likeness (QED) is 0.771. The second-order valence-electron chi connectivity index (χ2n) is 5.36. The fourth-order valence-corrected chi connectivity index (χ4v) is 2.75. The number of aromatic nitrogens is 2. The predicted octanol–water partition coefficient (Wildman–Crippen LogP) is 4.25. The van der Waals surface area contributed by atoms with Crippen molar-refractivity contribution in [3.63, 3.8) is 0 Å². The van der Waals surface area contributed by atoms with E-state index in [2.05, 4.69) is 11.9 Å². The second-order valence-corrected chi connectivity index (χ2v) is 5.36. The summed E-state index contributed by atoms with van der Waals surface area (Å²) in [6, 6.07) is 1.60. The number of rotatable bonds is 3. The number of hydrogen-bond acceptors (Lipinski definition) is 1.